The van der Waals surface area contributed by atoms with Gasteiger partial charge in [0.15, 0.2) is 0 Å². The quantitative estimate of drug-likeness (QED) is 0.549. The van der Waals surface area contributed by atoms with Gasteiger partial charge in [-0.25, -0.2) is 12.7 Å². The van der Waals surface area contributed by atoms with Crippen molar-refractivity contribution >= 4 is 36.4 Å². The molecule has 1 aliphatic heterocycles. The normalized spacial score (nSPS) is 33.6. The first kappa shape index (κ1) is 22.7. The molecular weight excluding hydrogens is 400 g/mol. The van der Waals surface area contributed by atoms with E-state index in [0.717, 1.165) is 25.3 Å². The molecule has 5 nitrogen and oxygen atoms in total. The fraction of sp³-hybridized carbons (Fsp3) is 0.842. The smallest absolute Gasteiger partial charge is 0.254 e. The zero-order chi connectivity index (χ0) is 19.5. The lowest BCUT2D eigenvalue weighted by Gasteiger charge is -2.37. The summed E-state index contributed by atoms with van der Waals surface area (Å²) in [5, 5.41) is 0. The van der Waals surface area contributed by atoms with Crippen LogP contribution in [0.2, 0.25) is 25.7 Å². The van der Waals surface area contributed by atoms with Crippen LogP contribution < -0.4 is 5.73 Å². The average Bonchev–Trinajstić information content (AvgIpc) is 2.96. The summed E-state index contributed by atoms with van der Waals surface area (Å²) in [7, 11) is -4.85. The molecule has 3 aliphatic rings. The highest BCUT2D eigenvalue weighted by atomic mass is 35.5. The Kier molecular flexibility index (Phi) is 5.94. The van der Waals surface area contributed by atoms with Crippen LogP contribution in [0.5, 0.6) is 0 Å². The Labute approximate surface area is 171 Å². The molecule has 3 rings (SSSR count). The van der Waals surface area contributed by atoms with Gasteiger partial charge in [-0.15, -0.1) is 24.2 Å². The fourth-order valence-corrected chi connectivity index (χ4v) is 8.58. The number of amides is 1. The van der Waals surface area contributed by atoms with Crippen molar-refractivity contribution < 1.29 is 13.2 Å². The number of sulfonamides is 1. The van der Waals surface area contributed by atoms with E-state index >= 15 is 0 Å². The van der Waals surface area contributed by atoms with E-state index in [-0.39, 0.29) is 41.5 Å². The largest absolute Gasteiger partial charge is 0.319 e. The van der Waals surface area contributed by atoms with Gasteiger partial charge in [-0.1, -0.05) is 33.5 Å². The molecule has 1 amide bonds. The Morgan fingerprint density at radius 1 is 1.30 bits per heavy atom. The lowest BCUT2D eigenvalue weighted by molar-refractivity contribution is -0.130. The molecule has 0 aromatic rings. The van der Waals surface area contributed by atoms with Crippen molar-refractivity contribution in [2.75, 3.05) is 5.75 Å². The summed E-state index contributed by atoms with van der Waals surface area (Å²) in [5.74, 6) is 6.24. The predicted molar refractivity (Wildman–Crippen MR) is 114 cm³/mol. The minimum Gasteiger partial charge on any atom is -0.319 e. The lowest BCUT2D eigenvalue weighted by atomic mass is 9.69. The molecule has 2 aliphatic carbocycles. The summed E-state index contributed by atoms with van der Waals surface area (Å²) < 4.78 is 26.9. The number of carbonyl (C=O) groups is 1. The van der Waals surface area contributed by atoms with Crippen LogP contribution in [-0.2, 0) is 14.8 Å². The van der Waals surface area contributed by atoms with Crippen LogP contribution in [-0.4, -0.2) is 44.5 Å². The minimum atomic E-state index is -3.60. The van der Waals surface area contributed by atoms with Crippen LogP contribution in [0.1, 0.15) is 39.5 Å². The highest BCUT2D eigenvalue weighted by Crippen LogP contribution is 2.69. The van der Waals surface area contributed by atoms with Gasteiger partial charge in [-0.3, -0.25) is 4.79 Å². The molecule has 8 heteroatoms. The number of nitrogens with zero attached hydrogens (tertiary/aromatic N) is 1. The first-order valence-electron chi connectivity index (χ1n) is 9.59. The van der Waals surface area contributed by atoms with Crippen molar-refractivity contribution in [3.05, 3.63) is 0 Å². The molecule has 27 heavy (non-hydrogen) atoms. The van der Waals surface area contributed by atoms with Gasteiger partial charge in [0.25, 0.3) is 5.91 Å². The van der Waals surface area contributed by atoms with Gasteiger partial charge in [0, 0.05) is 17.9 Å². The standard InChI is InChI=1S/C19H32N2O3SSi.ClH/c1-18(2)14-9-10-19(18)13-25(23,24)21(16(19)12-14)17(22)15(20)8-6-7-11-26(3,4)5;/h14-16H,8-13,20H2,1-5H3;1H/t14-,15+,16-,19-;/m1./s1. The number of hydrogen-bond acceptors (Lipinski definition) is 4. The summed E-state index contributed by atoms with van der Waals surface area (Å²) >= 11 is 0. The predicted octanol–water partition coefficient (Wildman–Crippen LogP) is 2.83. The third-order valence-electron chi connectivity index (χ3n) is 7.01. The van der Waals surface area contributed by atoms with E-state index in [1.54, 1.807) is 0 Å². The van der Waals surface area contributed by atoms with Crippen molar-refractivity contribution in [3.63, 3.8) is 0 Å². The van der Waals surface area contributed by atoms with Crippen molar-refractivity contribution in [1.29, 1.82) is 0 Å². The average molecular weight is 433 g/mol. The molecule has 1 spiro atoms. The Morgan fingerprint density at radius 3 is 2.48 bits per heavy atom. The van der Waals surface area contributed by atoms with Crippen molar-refractivity contribution in [2.45, 2.75) is 77.3 Å². The molecular formula is C19H33ClN2O3SSi. The Balaban J connectivity index is 0.00000261. The Morgan fingerprint density at radius 2 is 1.93 bits per heavy atom. The lowest BCUT2D eigenvalue weighted by Crippen LogP contribution is -2.50. The van der Waals surface area contributed by atoms with Gasteiger partial charge in [-0.05, 0) is 30.6 Å². The van der Waals surface area contributed by atoms with Crippen LogP contribution in [0.25, 0.3) is 0 Å². The van der Waals surface area contributed by atoms with Crippen LogP contribution in [0, 0.1) is 28.6 Å². The van der Waals surface area contributed by atoms with E-state index in [9.17, 15) is 13.2 Å². The van der Waals surface area contributed by atoms with Crippen LogP contribution in [0.15, 0.2) is 0 Å². The third-order valence-corrected chi connectivity index (χ3v) is 10.2. The van der Waals surface area contributed by atoms with E-state index in [2.05, 4.69) is 45.3 Å². The van der Waals surface area contributed by atoms with Gasteiger partial charge in [0.1, 0.15) is 0 Å². The van der Waals surface area contributed by atoms with Crippen molar-refractivity contribution in [1.82, 2.24) is 4.31 Å². The second-order valence-electron chi connectivity index (χ2n) is 10.2. The number of halogens is 1. The van der Waals surface area contributed by atoms with Gasteiger partial charge in [-0.2, -0.15) is 0 Å². The SMILES string of the molecule is CC1(C)[C@@H]2CC[C@]13CS(=O)(=O)N(C(=O)[C@@H](N)CC#CC[Si](C)(C)C)[C@@H]3C2.Cl. The van der Waals surface area contributed by atoms with E-state index in [4.69, 9.17) is 5.73 Å². The second-order valence-corrected chi connectivity index (χ2v) is 17.5. The van der Waals surface area contributed by atoms with Crippen LogP contribution in [0.4, 0.5) is 0 Å². The monoisotopic (exact) mass is 432 g/mol. The van der Waals surface area contributed by atoms with Crippen molar-refractivity contribution in [2.24, 2.45) is 22.5 Å². The summed E-state index contributed by atoms with van der Waals surface area (Å²) in [6.07, 6.45) is 2.97. The van der Waals surface area contributed by atoms with Crippen LogP contribution >= 0.6 is 12.4 Å². The summed E-state index contributed by atoms with van der Waals surface area (Å²) in [6.45, 7) is 11.1. The molecule has 2 bridgehead atoms. The molecule has 3 fully saturated rings. The molecule has 154 valence electrons. The summed E-state index contributed by atoms with van der Waals surface area (Å²) in [5.41, 5.74) is 5.73. The highest BCUT2D eigenvalue weighted by Gasteiger charge is 2.72. The zero-order valence-corrected chi connectivity index (χ0v) is 19.7. The van der Waals surface area contributed by atoms with Gasteiger partial charge in [0.2, 0.25) is 10.0 Å². The molecule has 4 atom stereocenters. The summed E-state index contributed by atoms with van der Waals surface area (Å²) in [4.78, 5) is 12.9. The molecule has 1 heterocycles. The van der Waals surface area contributed by atoms with Gasteiger partial charge < -0.3 is 5.73 Å². The van der Waals surface area contributed by atoms with Crippen LogP contribution in [0.3, 0.4) is 0 Å². The Bertz CT molecular complexity index is 781. The number of hydrogen-bond donors (Lipinski definition) is 1. The maximum atomic E-state index is 12.9. The highest BCUT2D eigenvalue weighted by molar-refractivity contribution is 7.90. The third kappa shape index (κ3) is 3.59. The van der Waals surface area contributed by atoms with Crippen molar-refractivity contribution in [3.8, 4) is 11.8 Å². The fourth-order valence-electron chi connectivity index (χ4n) is 5.34. The molecule has 0 aromatic heterocycles. The van der Waals surface area contributed by atoms with E-state index in [1.807, 2.05) is 0 Å². The molecule has 1 saturated heterocycles. The van der Waals surface area contributed by atoms with E-state index in [1.165, 1.54) is 4.31 Å². The number of nitrogens with two attached hydrogens (primary N) is 1. The zero-order valence-electron chi connectivity index (χ0n) is 17.0. The van der Waals surface area contributed by atoms with E-state index in [0.29, 0.717) is 5.92 Å². The number of carbonyl (C=O) groups excluding carboxylic acids is 1. The molecule has 0 radical (unpaired) electrons. The molecule has 2 saturated carbocycles. The number of fused-ring (bicyclic) bond motifs is 1. The molecule has 0 unspecified atom stereocenters. The maximum absolute atomic E-state index is 12.9. The topological polar surface area (TPSA) is 80.5 Å². The second kappa shape index (κ2) is 7.05. The molecule has 2 N–H and O–H groups in total. The van der Waals surface area contributed by atoms with E-state index < -0.39 is 30.0 Å². The number of rotatable bonds is 3. The first-order valence-corrected chi connectivity index (χ1v) is 14.9. The van der Waals surface area contributed by atoms with Gasteiger partial charge in [0.05, 0.1) is 25.9 Å². The summed E-state index contributed by atoms with van der Waals surface area (Å²) in [6, 6.07) is -0.219. The minimum absolute atomic E-state index is 0. The first-order chi connectivity index (χ1) is 11.8. The van der Waals surface area contributed by atoms with Gasteiger partial charge >= 0.3 is 0 Å². The maximum Gasteiger partial charge on any atom is 0.254 e. The Hall–Kier alpha value is -0.553. The molecule has 0 aromatic carbocycles.